The Balaban J connectivity index is 2.59. The van der Waals surface area contributed by atoms with Crippen LogP contribution >= 0.6 is 0 Å². The zero-order chi connectivity index (χ0) is 9.84. The highest BCUT2D eigenvalue weighted by atomic mass is 16.4. The highest BCUT2D eigenvalue weighted by molar-refractivity contribution is 5.97. The summed E-state index contributed by atoms with van der Waals surface area (Å²) in [5.41, 5.74) is 5.37. The second-order valence-corrected chi connectivity index (χ2v) is 2.24. The summed E-state index contributed by atoms with van der Waals surface area (Å²) in [6, 6.07) is 0. The zero-order valence-electron chi connectivity index (χ0n) is 6.57. The highest BCUT2D eigenvalue weighted by Crippen LogP contribution is 2.02. The largest absolute Gasteiger partial charge is 0.480 e. The molecule has 7 nitrogen and oxygen atoms in total. The lowest BCUT2D eigenvalue weighted by Crippen LogP contribution is -2.29. The Morgan fingerprint density at radius 2 is 2.38 bits per heavy atom. The number of hydrogen-bond donors (Lipinski definition) is 4. The molecule has 0 saturated carbocycles. The number of aromatic nitrogens is 2. The number of aliphatic carboxylic acids is 1. The minimum Gasteiger partial charge on any atom is -0.480 e. The predicted molar refractivity (Wildman–Crippen MR) is 43.0 cm³/mol. The van der Waals surface area contributed by atoms with Gasteiger partial charge in [-0.15, -0.1) is 0 Å². The van der Waals surface area contributed by atoms with Gasteiger partial charge in [-0.1, -0.05) is 0 Å². The third kappa shape index (κ3) is 2.19. The van der Waals surface area contributed by atoms with Crippen molar-refractivity contribution < 1.29 is 14.7 Å². The number of imidazole rings is 1. The minimum atomic E-state index is -1.12. The van der Waals surface area contributed by atoms with E-state index in [0.717, 1.165) is 0 Å². The molecular formula is C6H8N4O3. The van der Waals surface area contributed by atoms with Crippen LogP contribution in [0.5, 0.6) is 0 Å². The number of rotatable bonds is 3. The van der Waals surface area contributed by atoms with Crippen molar-refractivity contribution in [3.8, 4) is 0 Å². The number of aromatic amines is 1. The van der Waals surface area contributed by atoms with E-state index in [-0.39, 0.29) is 11.5 Å². The van der Waals surface area contributed by atoms with Crippen molar-refractivity contribution in [1.82, 2.24) is 15.3 Å². The molecule has 0 unspecified atom stereocenters. The van der Waals surface area contributed by atoms with Gasteiger partial charge in [0.2, 0.25) is 0 Å². The number of carbonyl (C=O) groups is 2. The van der Waals surface area contributed by atoms with E-state index in [9.17, 15) is 9.59 Å². The van der Waals surface area contributed by atoms with Gasteiger partial charge in [-0.3, -0.25) is 9.59 Å². The fourth-order valence-electron chi connectivity index (χ4n) is 0.731. The number of hydrogen-bond acceptors (Lipinski definition) is 4. The third-order valence-electron chi connectivity index (χ3n) is 1.30. The average Bonchev–Trinajstić information content (AvgIpc) is 2.47. The van der Waals surface area contributed by atoms with Crippen LogP contribution in [0.1, 0.15) is 10.5 Å². The highest BCUT2D eigenvalue weighted by Gasteiger charge is 2.11. The van der Waals surface area contributed by atoms with Gasteiger partial charge in [0, 0.05) is 0 Å². The van der Waals surface area contributed by atoms with Gasteiger partial charge >= 0.3 is 5.97 Å². The molecule has 0 aliphatic rings. The molecule has 7 heteroatoms. The number of nitrogens with zero attached hydrogens (tertiary/aromatic N) is 1. The van der Waals surface area contributed by atoms with Gasteiger partial charge < -0.3 is 21.1 Å². The molecule has 0 bridgehead atoms. The SMILES string of the molecule is Nc1nc[nH]c1C(=O)NCC(=O)O. The van der Waals surface area contributed by atoms with Gasteiger partial charge in [0.1, 0.15) is 12.2 Å². The van der Waals surface area contributed by atoms with Gasteiger partial charge in [0.05, 0.1) is 6.33 Å². The smallest absolute Gasteiger partial charge is 0.322 e. The number of carboxylic acid groups (broad SMARTS) is 1. The number of carboxylic acids is 1. The first-order chi connectivity index (χ1) is 6.11. The number of H-pyrrole nitrogens is 1. The summed E-state index contributed by atoms with van der Waals surface area (Å²) >= 11 is 0. The fraction of sp³-hybridized carbons (Fsp3) is 0.167. The van der Waals surface area contributed by atoms with Gasteiger partial charge in [0.25, 0.3) is 5.91 Å². The summed E-state index contributed by atoms with van der Waals surface area (Å²) in [4.78, 5) is 27.3. The maximum absolute atomic E-state index is 11.1. The lowest BCUT2D eigenvalue weighted by atomic mass is 10.4. The van der Waals surface area contributed by atoms with Gasteiger partial charge in [-0.2, -0.15) is 0 Å². The molecule has 1 aromatic heterocycles. The number of nitrogen functional groups attached to an aromatic ring is 1. The Morgan fingerprint density at radius 1 is 1.69 bits per heavy atom. The normalized spacial score (nSPS) is 9.54. The van der Waals surface area contributed by atoms with Gasteiger partial charge in [-0.05, 0) is 0 Å². The summed E-state index contributed by atoms with van der Waals surface area (Å²) in [6.45, 7) is -0.447. The molecule has 1 rings (SSSR count). The van der Waals surface area contributed by atoms with Crippen LogP contribution in [0.4, 0.5) is 5.82 Å². The van der Waals surface area contributed by atoms with Crippen LogP contribution in [-0.4, -0.2) is 33.5 Å². The average molecular weight is 184 g/mol. The topological polar surface area (TPSA) is 121 Å². The van der Waals surface area contributed by atoms with Crippen molar-refractivity contribution in [2.45, 2.75) is 0 Å². The number of amides is 1. The lowest BCUT2D eigenvalue weighted by molar-refractivity contribution is -0.135. The van der Waals surface area contributed by atoms with E-state index in [1.807, 2.05) is 0 Å². The Hall–Kier alpha value is -2.05. The van der Waals surface area contributed by atoms with E-state index >= 15 is 0 Å². The second kappa shape index (κ2) is 3.57. The molecule has 1 amide bonds. The molecule has 0 saturated heterocycles. The fourth-order valence-corrected chi connectivity index (χ4v) is 0.731. The van der Waals surface area contributed by atoms with Crippen LogP contribution in [0.15, 0.2) is 6.33 Å². The summed E-state index contributed by atoms with van der Waals surface area (Å²) in [6.07, 6.45) is 1.25. The lowest BCUT2D eigenvalue weighted by Gasteiger charge is -1.99. The maximum Gasteiger partial charge on any atom is 0.322 e. The predicted octanol–water partition coefficient (Wildman–Crippen LogP) is -1.19. The molecule has 13 heavy (non-hydrogen) atoms. The summed E-state index contributed by atoms with van der Waals surface area (Å²) < 4.78 is 0. The van der Waals surface area contributed by atoms with Crippen LogP contribution in [0, 0.1) is 0 Å². The van der Waals surface area contributed by atoms with Crippen LogP contribution in [0.2, 0.25) is 0 Å². The zero-order valence-corrected chi connectivity index (χ0v) is 6.57. The minimum absolute atomic E-state index is 0.0443. The maximum atomic E-state index is 11.1. The molecule has 0 aliphatic heterocycles. The van der Waals surface area contributed by atoms with Crippen molar-refractivity contribution in [1.29, 1.82) is 0 Å². The second-order valence-electron chi connectivity index (χ2n) is 2.24. The Morgan fingerprint density at radius 3 is 2.85 bits per heavy atom. The number of anilines is 1. The van der Waals surface area contributed by atoms with Crippen molar-refractivity contribution in [3.05, 3.63) is 12.0 Å². The molecule has 1 aromatic rings. The van der Waals surface area contributed by atoms with Crippen molar-refractivity contribution in [2.24, 2.45) is 0 Å². The molecule has 0 atom stereocenters. The Bertz CT molecular complexity index is 332. The molecule has 0 spiro atoms. The molecule has 0 aromatic carbocycles. The van der Waals surface area contributed by atoms with Gasteiger partial charge in [0.15, 0.2) is 5.82 Å². The van der Waals surface area contributed by atoms with E-state index in [4.69, 9.17) is 10.8 Å². The molecular weight excluding hydrogens is 176 g/mol. The van der Waals surface area contributed by atoms with Crippen LogP contribution in [-0.2, 0) is 4.79 Å². The summed E-state index contributed by atoms with van der Waals surface area (Å²) in [5, 5.41) is 10.4. The van der Waals surface area contributed by atoms with E-state index < -0.39 is 18.4 Å². The van der Waals surface area contributed by atoms with E-state index in [2.05, 4.69) is 15.3 Å². The molecule has 5 N–H and O–H groups in total. The summed E-state index contributed by atoms with van der Waals surface area (Å²) in [5.74, 6) is -1.66. The first-order valence-electron chi connectivity index (χ1n) is 3.40. The Labute approximate surface area is 73.0 Å². The number of carbonyl (C=O) groups excluding carboxylic acids is 1. The quantitative estimate of drug-likeness (QED) is 0.470. The molecule has 0 aliphatic carbocycles. The van der Waals surface area contributed by atoms with Crippen molar-refractivity contribution >= 4 is 17.7 Å². The number of nitrogens with two attached hydrogens (primary N) is 1. The third-order valence-corrected chi connectivity index (χ3v) is 1.30. The molecule has 0 radical (unpaired) electrons. The van der Waals surface area contributed by atoms with Gasteiger partial charge in [-0.25, -0.2) is 4.98 Å². The van der Waals surface area contributed by atoms with E-state index in [1.165, 1.54) is 6.33 Å². The number of nitrogens with one attached hydrogen (secondary N) is 2. The molecule has 70 valence electrons. The standard InChI is InChI=1S/C6H8N4O3/c7-5-4(9-2-10-5)6(13)8-1-3(11)12/h2H,1,7H2,(H,8,13)(H,9,10)(H,11,12). The van der Waals surface area contributed by atoms with Crippen LogP contribution in [0.3, 0.4) is 0 Å². The monoisotopic (exact) mass is 184 g/mol. The first kappa shape index (κ1) is 9.04. The molecule has 1 heterocycles. The van der Waals surface area contributed by atoms with Crippen molar-refractivity contribution in [3.63, 3.8) is 0 Å². The summed E-state index contributed by atoms with van der Waals surface area (Å²) in [7, 11) is 0. The van der Waals surface area contributed by atoms with Crippen LogP contribution in [0.25, 0.3) is 0 Å². The van der Waals surface area contributed by atoms with E-state index in [1.54, 1.807) is 0 Å². The van der Waals surface area contributed by atoms with E-state index in [0.29, 0.717) is 0 Å². The first-order valence-corrected chi connectivity index (χ1v) is 3.40. The van der Waals surface area contributed by atoms with Crippen LogP contribution < -0.4 is 11.1 Å². The van der Waals surface area contributed by atoms with Crippen molar-refractivity contribution in [2.75, 3.05) is 12.3 Å². The Kier molecular flexibility index (Phi) is 2.48. The molecule has 0 fully saturated rings.